The molecule has 7 nitrogen and oxygen atoms in total. The van der Waals surface area contributed by atoms with E-state index >= 15 is 0 Å². The van der Waals surface area contributed by atoms with E-state index in [1.807, 2.05) is 24.6 Å². The minimum Gasteiger partial charge on any atom is -0.381 e. The maximum atomic E-state index is 5.65. The van der Waals surface area contributed by atoms with Crippen molar-refractivity contribution in [2.45, 2.75) is 45.2 Å². The molecule has 1 atom stereocenters. The molecule has 0 spiro atoms. The van der Waals surface area contributed by atoms with Gasteiger partial charge in [-0.2, -0.15) is 5.10 Å². The number of anilines is 1. The largest absolute Gasteiger partial charge is 0.381 e. The van der Waals surface area contributed by atoms with Crippen LogP contribution in [0.3, 0.4) is 0 Å². The zero-order valence-electron chi connectivity index (χ0n) is 17.9. The molecule has 30 heavy (non-hydrogen) atoms. The lowest BCUT2D eigenvalue weighted by Crippen LogP contribution is -2.54. The molecular weight excluding hydrogens is 376 g/mol. The highest BCUT2D eigenvalue weighted by atomic mass is 16.5. The van der Waals surface area contributed by atoms with Crippen molar-refractivity contribution in [1.29, 1.82) is 0 Å². The maximum Gasteiger partial charge on any atom is 0.174 e. The molecule has 1 aliphatic rings. The zero-order valence-corrected chi connectivity index (χ0v) is 17.9. The number of ether oxygens (including phenoxy) is 1. The zero-order chi connectivity index (χ0) is 21.0. The molecule has 2 N–H and O–H groups in total. The Bertz CT molecular complexity index is 965. The number of nitrogens with one attached hydrogen (secondary N) is 2. The number of rotatable bonds is 7. The highest BCUT2D eigenvalue weighted by molar-refractivity contribution is 5.37. The van der Waals surface area contributed by atoms with Crippen molar-refractivity contribution in [3.05, 3.63) is 65.7 Å². The van der Waals surface area contributed by atoms with Gasteiger partial charge in [0.05, 0.1) is 18.1 Å². The summed E-state index contributed by atoms with van der Waals surface area (Å²) in [5.74, 6) is 1.47. The van der Waals surface area contributed by atoms with E-state index in [9.17, 15) is 0 Å². The van der Waals surface area contributed by atoms with Crippen LogP contribution >= 0.6 is 0 Å². The number of nitrogens with zero attached hydrogens (tertiary/aromatic N) is 4. The van der Waals surface area contributed by atoms with Gasteiger partial charge in [-0.3, -0.25) is 4.98 Å². The van der Waals surface area contributed by atoms with E-state index in [1.165, 1.54) is 5.56 Å². The van der Waals surface area contributed by atoms with E-state index in [4.69, 9.17) is 9.72 Å². The number of hydrogen-bond donors (Lipinski definition) is 2. The second-order valence-electron chi connectivity index (χ2n) is 8.12. The molecule has 7 heteroatoms. The lowest BCUT2D eigenvalue weighted by Gasteiger charge is -2.40. The van der Waals surface area contributed by atoms with Crippen LogP contribution in [0, 0.1) is 13.8 Å². The fourth-order valence-electron chi connectivity index (χ4n) is 4.08. The van der Waals surface area contributed by atoms with Crippen molar-refractivity contribution in [3.63, 3.8) is 0 Å². The predicted octanol–water partition coefficient (Wildman–Crippen LogP) is 3.59. The summed E-state index contributed by atoms with van der Waals surface area (Å²) in [6, 6.07) is 12.8. The standard InChI is InChI=1S/C23H30N6O/c1-17-13-18(2)29(28-17)22-15-24-14-21(26-22)25-16-23(9-11-30-12-10-23)27-19(3)20-7-5-4-6-8-20/h4-8,13-15,19,27H,9-12,16H2,1-3H3,(H,25,26). The van der Waals surface area contributed by atoms with E-state index in [0.717, 1.165) is 55.6 Å². The number of aryl methyl sites for hydroxylation is 2. The Morgan fingerprint density at radius 2 is 1.90 bits per heavy atom. The molecule has 0 radical (unpaired) electrons. The van der Waals surface area contributed by atoms with Crippen LogP contribution in [0.5, 0.6) is 0 Å². The molecule has 0 aliphatic carbocycles. The minimum absolute atomic E-state index is 0.0661. The third-order valence-electron chi connectivity index (χ3n) is 5.73. The molecule has 1 unspecified atom stereocenters. The normalized spacial score (nSPS) is 16.9. The van der Waals surface area contributed by atoms with Gasteiger partial charge in [-0.1, -0.05) is 30.3 Å². The van der Waals surface area contributed by atoms with Crippen molar-refractivity contribution in [2.24, 2.45) is 0 Å². The Morgan fingerprint density at radius 3 is 2.60 bits per heavy atom. The second-order valence-corrected chi connectivity index (χ2v) is 8.12. The number of benzene rings is 1. The van der Waals surface area contributed by atoms with Gasteiger partial charge in [0, 0.05) is 37.0 Å². The quantitative estimate of drug-likeness (QED) is 0.624. The topological polar surface area (TPSA) is 76.9 Å². The van der Waals surface area contributed by atoms with Crippen molar-refractivity contribution >= 4 is 5.82 Å². The minimum atomic E-state index is -0.0661. The highest BCUT2D eigenvalue weighted by Gasteiger charge is 2.34. The van der Waals surface area contributed by atoms with E-state index in [1.54, 1.807) is 12.4 Å². The van der Waals surface area contributed by atoms with Crippen LogP contribution in [0.1, 0.15) is 42.8 Å². The fraction of sp³-hybridized carbons (Fsp3) is 0.435. The van der Waals surface area contributed by atoms with Gasteiger partial charge in [0.2, 0.25) is 0 Å². The van der Waals surface area contributed by atoms with E-state index < -0.39 is 0 Å². The first-order valence-electron chi connectivity index (χ1n) is 10.5. The molecule has 3 heterocycles. The molecule has 2 aromatic heterocycles. The van der Waals surface area contributed by atoms with E-state index in [0.29, 0.717) is 0 Å². The summed E-state index contributed by atoms with van der Waals surface area (Å²) in [6.07, 6.45) is 5.40. The van der Waals surface area contributed by atoms with Crippen molar-refractivity contribution < 1.29 is 4.74 Å². The number of hydrogen-bond acceptors (Lipinski definition) is 6. The summed E-state index contributed by atoms with van der Waals surface area (Å²) in [5.41, 5.74) is 3.23. The SMILES string of the molecule is Cc1cc(C)n(-c2cncc(NCC3(NC(C)c4ccccc4)CCOCC3)n2)n1. The molecule has 0 bridgehead atoms. The lowest BCUT2D eigenvalue weighted by atomic mass is 9.88. The van der Waals surface area contributed by atoms with Crippen molar-refractivity contribution in [3.8, 4) is 5.82 Å². The van der Waals surface area contributed by atoms with Crippen LogP contribution in [0.2, 0.25) is 0 Å². The number of aromatic nitrogens is 4. The molecule has 158 valence electrons. The Labute approximate surface area is 177 Å². The summed E-state index contributed by atoms with van der Waals surface area (Å²) < 4.78 is 7.48. The van der Waals surface area contributed by atoms with Gasteiger partial charge in [-0.05, 0) is 45.2 Å². The van der Waals surface area contributed by atoms with Gasteiger partial charge in [0.15, 0.2) is 5.82 Å². The second kappa shape index (κ2) is 8.93. The molecule has 4 rings (SSSR count). The van der Waals surface area contributed by atoms with Gasteiger partial charge in [0.25, 0.3) is 0 Å². The molecule has 0 amide bonds. The third kappa shape index (κ3) is 4.68. The van der Waals surface area contributed by atoms with Gasteiger partial charge in [0.1, 0.15) is 5.82 Å². The Kier molecular flexibility index (Phi) is 6.11. The van der Waals surface area contributed by atoms with E-state index in [-0.39, 0.29) is 11.6 Å². The average Bonchev–Trinajstić information content (AvgIpc) is 3.12. The van der Waals surface area contributed by atoms with Gasteiger partial charge < -0.3 is 15.4 Å². The van der Waals surface area contributed by atoms with Crippen molar-refractivity contribution in [1.82, 2.24) is 25.1 Å². The van der Waals surface area contributed by atoms with Crippen LogP contribution in [0.15, 0.2) is 48.8 Å². The van der Waals surface area contributed by atoms with E-state index in [2.05, 4.69) is 58.0 Å². The van der Waals surface area contributed by atoms with Gasteiger partial charge >= 0.3 is 0 Å². The summed E-state index contributed by atoms with van der Waals surface area (Å²) in [5, 5.41) is 11.9. The Balaban J connectivity index is 1.49. The van der Waals surface area contributed by atoms with Gasteiger partial charge in [-0.25, -0.2) is 9.67 Å². The molecule has 0 saturated carbocycles. The van der Waals surface area contributed by atoms with Crippen LogP contribution in [0.4, 0.5) is 5.82 Å². The molecule has 3 aromatic rings. The summed E-state index contributed by atoms with van der Waals surface area (Å²) in [4.78, 5) is 9.11. The van der Waals surface area contributed by atoms with Crippen LogP contribution in [0.25, 0.3) is 5.82 Å². The fourth-order valence-corrected chi connectivity index (χ4v) is 4.08. The van der Waals surface area contributed by atoms with Crippen LogP contribution in [-0.2, 0) is 4.74 Å². The first-order valence-corrected chi connectivity index (χ1v) is 10.5. The molecule has 1 saturated heterocycles. The van der Waals surface area contributed by atoms with Crippen LogP contribution < -0.4 is 10.6 Å². The predicted molar refractivity (Wildman–Crippen MR) is 118 cm³/mol. The first-order chi connectivity index (χ1) is 14.5. The highest BCUT2D eigenvalue weighted by Crippen LogP contribution is 2.26. The lowest BCUT2D eigenvalue weighted by molar-refractivity contribution is 0.0389. The first kappa shape index (κ1) is 20.5. The molecule has 1 fully saturated rings. The molecular formula is C23H30N6O. The monoisotopic (exact) mass is 406 g/mol. The maximum absolute atomic E-state index is 5.65. The third-order valence-corrected chi connectivity index (χ3v) is 5.73. The molecule has 1 aromatic carbocycles. The summed E-state index contributed by atoms with van der Waals surface area (Å²) in [6.45, 7) is 8.49. The van der Waals surface area contributed by atoms with Crippen molar-refractivity contribution in [2.75, 3.05) is 25.1 Å². The summed E-state index contributed by atoms with van der Waals surface area (Å²) in [7, 11) is 0. The Hall–Kier alpha value is -2.77. The Morgan fingerprint density at radius 1 is 1.13 bits per heavy atom. The van der Waals surface area contributed by atoms with Crippen LogP contribution in [-0.4, -0.2) is 45.0 Å². The summed E-state index contributed by atoms with van der Waals surface area (Å²) >= 11 is 0. The average molecular weight is 407 g/mol. The smallest absolute Gasteiger partial charge is 0.174 e. The van der Waals surface area contributed by atoms with Gasteiger partial charge in [-0.15, -0.1) is 0 Å². The molecule has 1 aliphatic heterocycles.